The number of hydrogen-bond donors (Lipinski definition) is 0. The van der Waals surface area contributed by atoms with E-state index in [1.807, 2.05) is 0 Å². The molecule has 0 aromatic heterocycles. The maximum absolute atomic E-state index is 11.8. The molecule has 1 aromatic carbocycles. The average Bonchev–Trinajstić information content (AvgIpc) is 2.98. The molecule has 0 spiro atoms. The molecule has 1 heterocycles. The van der Waals surface area contributed by atoms with E-state index in [-0.39, 0.29) is 16.7 Å². The normalized spacial score (nSPS) is 14.0. The summed E-state index contributed by atoms with van der Waals surface area (Å²) < 4.78 is 0. The standard InChI is InChI=1S/C14H17ClN2O4/c1-16(2)13(18)11-6-5-10(9-12(11)15)20-21-14(19)17-7-3-4-8-17/h5-6,9H,3-4,7-8H2,1-2H3. The van der Waals surface area contributed by atoms with Crippen LogP contribution in [0.3, 0.4) is 0 Å². The summed E-state index contributed by atoms with van der Waals surface area (Å²) in [5.74, 6) is 0.0588. The summed E-state index contributed by atoms with van der Waals surface area (Å²) in [7, 11) is 3.28. The second-order valence-corrected chi connectivity index (χ2v) is 5.38. The van der Waals surface area contributed by atoms with Gasteiger partial charge in [-0.15, -0.1) is 0 Å². The van der Waals surface area contributed by atoms with Gasteiger partial charge in [-0.2, -0.15) is 0 Å². The Bertz CT molecular complexity index is 542. The largest absolute Gasteiger partial charge is 0.452 e. The summed E-state index contributed by atoms with van der Waals surface area (Å²) in [5.41, 5.74) is 0.361. The average molecular weight is 313 g/mol. The Kier molecular flexibility index (Phi) is 4.90. The van der Waals surface area contributed by atoms with Crippen LogP contribution in [0.1, 0.15) is 23.2 Å². The molecule has 2 rings (SSSR count). The van der Waals surface area contributed by atoms with Crippen molar-refractivity contribution < 1.29 is 19.4 Å². The number of halogens is 1. The monoisotopic (exact) mass is 312 g/mol. The first kappa shape index (κ1) is 15.4. The zero-order valence-corrected chi connectivity index (χ0v) is 12.7. The number of likely N-dealkylation sites (tertiary alicyclic amines) is 1. The zero-order chi connectivity index (χ0) is 15.4. The van der Waals surface area contributed by atoms with Crippen LogP contribution in [0.4, 0.5) is 4.79 Å². The van der Waals surface area contributed by atoms with Crippen molar-refractivity contribution in [2.75, 3.05) is 27.2 Å². The molecule has 1 aromatic rings. The van der Waals surface area contributed by atoms with Crippen LogP contribution >= 0.6 is 11.6 Å². The third-order valence-electron chi connectivity index (χ3n) is 3.15. The van der Waals surface area contributed by atoms with Gasteiger partial charge in [-0.1, -0.05) is 11.6 Å². The van der Waals surface area contributed by atoms with Crippen LogP contribution in [-0.4, -0.2) is 49.0 Å². The molecule has 1 fully saturated rings. The summed E-state index contributed by atoms with van der Waals surface area (Å²) in [4.78, 5) is 36.2. The maximum atomic E-state index is 11.8. The van der Waals surface area contributed by atoms with E-state index in [0.29, 0.717) is 18.7 Å². The smallest absolute Gasteiger partial charge is 0.345 e. The number of hydrogen-bond acceptors (Lipinski definition) is 4. The number of benzene rings is 1. The Labute approximate surface area is 128 Å². The van der Waals surface area contributed by atoms with E-state index in [9.17, 15) is 9.59 Å². The SMILES string of the molecule is CN(C)C(=O)c1ccc(OOC(=O)N2CCCC2)cc1Cl. The van der Waals surface area contributed by atoms with Gasteiger partial charge < -0.3 is 9.80 Å². The second kappa shape index (κ2) is 6.67. The minimum absolute atomic E-state index is 0.208. The van der Waals surface area contributed by atoms with Gasteiger partial charge in [-0.25, -0.2) is 9.68 Å². The third-order valence-corrected chi connectivity index (χ3v) is 3.46. The summed E-state index contributed by atoms with van der Waals surface area (Å²) in [5, 5.41) is 0.239. The number of carbonyl (C=O) groups excluding carboxylic acids is 2. The fraction of sp³-hybridized carbons (Fsp3) is 0.429. The number of rotatable bonds is 3. The molecule has 0 radical (unpaired) electrons. The third kappa shape index (κ3) is 3.78. The second-order valence-electron chi connectivity index (χ2n) is 4.97. The minimum Gasteiger partial charge on any atom is -0.345 e. The van der Waals surface area contributed by atoms with Crippen LogP contribution in [0.15, 0.2) is 18.2 Å². The van der Waals surface area contributed by atoms with Crippen LogP contribution < -0.4 is 4.89 Å². The van der Waals surface area contributed by atoms with Crippen LogP contribution in [0.5, 0.6) is 5.75 Å². The predicted octanol–water partition coefficient (Wildman–Crippen LogP) is 2.57. The molecular formula is C14H17ClN2O4. The van der Waals surface area contributed by atoms with Crippen molar-refractivity contribution >= 4 is 23.6 Å². The van der Waals surface area contributed by atoms with Gasteiger partial charge in [0, 0.05) is 33.3 Å². The Hall–Kier alpha value is -1.95. The predicted molar refractivity (Wildman–Crippen MR) is 77.4 cm³/mol. The van der Waals surface area contributed by atoms with Crippen LogP contribution in [0, 0.1) is 0 Å². The highest BCUT2D eigenvalue weighted by molar-refractivity contribution is 6.34. The molecule has 7 heteroatoms. The maximum Gasteiger partial charge on any atom is 0.452 e. The molecule has 21 heavy (non-hydrogen) atoms. The Morgan fingerprint density at radius 3 is 2.48 bits per heavy atom. The summed E-state index contributed by atoms with van der Waals surface area (Å²) in [6, 6.07) is 4.50. The molecule has 0 aliphatic carbocycles. The lowest BCUT2D eigenvalue weighted by Gasteiger charge is -2.14. The highest BCUT2D eigenvalue weighted by Crippen LogP contribution is 2.24. The molecule has 1 aliphatic rings. The van der Waals surface area contributed by atoms with Gasteiger partial charge in [0.1, 0.15) is 0 Å². The van der Waals surface area contributed by atoms with Gasteiger partial charge in [-0.3, -0.25) is 9.68 Å². The Morgan fingerprint density at radius 1 is 1.24 bits per heavy atom. The van der Waals surface area contributed by atoms with Gasteiger partial charge in [-0.05, 0) is 25.0 Å². The summed E-state index contributed by atoms with van der Waals surface area (Å²) in [6.07, 6.45) is 1.43. The van der Waals surface area contributed by atoms with E-state index in [0.717, 1.165) is 12.8 Å². The highest BCUT2D eigenvalue weighted by Gasteiger charge is 2.21. The quantitative estimate of drug-likeness (QED) is 0.636. The molecule has 114 valence electrons. The fourth-order valence-corrected chi connectivity index (χ4v) is 2.25. The van der Waals surface area contributed by atoms with Crippen molar-refractivity contribution in [1.29, 1.82) is 0 Å². The molecule has 0 N–H and O–H groups in total. The molecular weight excluding hydrogens is 296 g/mol. The lowest BCUT2D eigenvalue weighted by Crippen LogP contribution is -2.29. The number of amides is 2. The molecule has 0 bridgehead atoms. The van der Waals surface area contributed by atoms with Crippen molar-refractivity contribution in [2.24, 2.45) is 0 Å². The van der Waals surface area contributed by atoms with E-state index in [4.69, 9.17) is 21.4 Å². The van der Waals surface area contributed by atoms with Crippen LogP contribution in [0.2, 0.25) is 5.02 Å². The minimum atomic E-state index is -0.517. The van der Waals surface area contributed by atoms with E-state index in [1.54, 1.807) is 19.0 Å². The van der Waals surface area contributed by atoms with Crippen molar-refractivity contribution in [2.45, 2.75) is 12.8 Å². The first-order valence-corrected chi connectivity index (χ1v) is 7.01. The van der Waals surface area contributed by atoms with Crippen molar-refractivity contribution in [3.8, 4) is 5.75 Å². The van der Waals surface area contributed by atoms with Crippen molar-refractivity contribution in [3.05, 3.63) is 28.8 Å². The molecule has 1 aliphatic heterocycles. The lowest BCUT2D eigenvalue weighted by molar-refractivity contribution is -0.152. The zero-order valence-electron chi connectivity index (χ0n) is 12.0. The van der Waals surface area contributed by atoms with E-state index >= 15 is 0 Å². The first-order chi connectivity index (χ1) is 9.99. The van der Waals surface area contributed by atoms with E-state index in [1.165, 1.54) is 23.1 Å². The lowest BCUT2D eigenvalue weighted by atomic mass is 10.2. The highest BCUT2D eigenvalue weighted by atomic mass is 35.5. The topological polar surface area (TPSA) is 59.1 Å². The first-order valence-electron chi connectivity index (χ1n) is 6.63. The van der Waals surface area contributed by atoms with Gasteiger partial charge in [0.25, 0.3) is 5.91 Å². The van der Waals surface area contributed by atoms with Gasteiger partial charge in [0.05, 0.1) is 10.6 Å². The van der Waals surface area contributed by atoms with Crippen LogP contribution in [0.25, 0.3) is 0 Å². The Balaban J connectivity index is 1.97. The number of carbonyl (C=O) groups is 2. The van der Waals surface area contributed by atoms with Crippen molar-refractivity contribution in [1.82, 2.24) is 9.80 Å². The fourth-order valence-electron chi connectivity index (χ4n) is 2.00. The van der Waals surface area contributed by atoms with Crippen LogP contribution in [-0.2, 0) is 4.89 Å². The van der Waals surface area contributed by atoms with Gasteiger partial charge in [0.2, 0.25) is 0 Å². The molecule has 1 saturated heterocycles. The molecule has 0 unspecified atom stereocenters. The van der Waals surface area contributed by atoms with E-state index in [2.05, 4.69) is 0 Å². The number of nitrogens with zero attached hydrogens (tertiary/aromatic N) is 2. The molecule has 0 atom stereocenters. The van der Waals surface area contributed by atoms with Gasteiger partial charge >= 0.3 is 6.09 Å². The summed E-state index contributed by atoms with van der Waals surface area (Å²) >= 11 is 6.03. The van der Waals surface area contributed by atoms with E-state index < -0.39 is 6.09 Å². The Morgan fingerprint density at radius 2 is 1.90 bits per heavy atom. The molecule has 2 amide bonds. The van der Waals surface area contributed by atoms with Gasteiger partial charge in [0.15, 0.2) is 5.75 Å². The summed E-state index contributed by atoms with van der Waals surface area (Å²) in [6.45, 7) is 1.36. The molecule has 6 nitrogen and oxygen atoms in total. The van der Waals surface area contributed by atoms with Crippen molar-refractivity contribution in [3.63, 3.8) is 0 Å². The molecule has 0 saturated carbocycles.